The zero-order valence-corrected chi connectivity index (χ0v) is 13.8. The second-order valence-corrected chi connectivity index (χ2v) is 6.30. The van der Waals surface area contributed by atoms with E-state index in [9.17, 15) is 4.79 Å². The average molecular weight is 344 g/mol. The molecule has 0 fully saturated rings. The van der Waals surface area contributed by atoms with Crippen molar-refractivity contribution in [3.05, 3.63) is 65.2 Å². The highest BCUT2D eigenvalue weighted by Crippen LogP contribution is 2.26. The molecule has 3 rings (SSSR count). The second-order valence-electron chi connectivity index (χ2n) is 4.92. The largest absolute Gasteiger partial charge is 0.301 e. The summed E-state index contributed by atoms with van der Waals surface area (Å²) in [6.07, 6.45) is 0.944. The Labute approximate surface area is 143 Å². The molecular weight excluding hydrogens is 330 g/mol. The molecule has 116 valence electrons. The normalized spacial score (nSPS) is 10.5. The van der Waals surface area contributed by atoms with Gasteiger partial charge < -0.3 is 5.32 Å². The van der Waals surface area contributed by atoms with Crippen LogP contribution < -0.4 is 5.32 Å². The van der Waals surface area contributed by atoms with Gasteiger partial charge in [-0.1, -0.05) is 71.5 Å². The van der Waals surface area contributed by atoms with E-state index in [1.807, 2.05) is 54.6 Å². The molecule has 0 spiro atoms. The van der Waals surface area contributed by atoms with Gasteiger partial charge in [-0.25, -0.2) is 0 Å². The van der Waals surface area contributed by atoms with Crippen LogP contribution in [0.5, 0.6) is 0 Å². The Balaban J connectivity index is 1.58. The summed E-state index contributed by atoms with van der Waals surface area (Å²) in [6, 6.07) is 17.3. The van der Waals surface area contributed by atoms with Gasteiger partial charge in [0.05, 0.1) is 0 Å². The van der Waals surface area contributed by atoms with Crippen LogP contribution in [0.15, 0.2) is 54.6 Å². The van der Waals surface area contributed by atoms with E-state index < -0.39 is 0 Å². The lowest BCUT2D eigenvalue weighted by Gasteiger charge is -2.03. The number of hydrogen-bond acceptors (Lipinski definition) is 4. The van der Waals surface area contributed by atoms with Crippen molar-refractivity contribution < 1.29 is 4.79 Å². The smallest absolute Gasteiger partial charge is 0.226 e. The summed E-state index contributed by atoms with van der Waals surface area (Å²) in [6.45, 7) is 0. The van der Waals surface area contributed by atoms with E-state index in [0.717, 1.165) is 16.1 Å². The van der Waals surface area contributed by atoms with Gasteiger partial charge in [0.1, 0.15) is 5.01 Å². The third-order valence-electron chi connectivity index (χ3n) is 3.27. The minimum absolute atomic E-state index is 0.0966. The van der Waals surface area contributed by atoms with E-state index in [0.29, 0.717) is 23.0 Å². The van der Waals surface area contributed by atoms with Gasteiger partial charge in [-0.2, -0.15) is 0 Å². The summed E-state index contributed by atoms with van der Waals surface area (Å²) in [5.41, 5.74) is 1.95. The van der Waals surface area contributed by atoms with Gasteiger partial charge in [-0.05, 0) is 18.1 Å². The summed E-state index contributed by atoms with van der Waals surface area (Å²) < 4.78 is 0. The fourth-order valence-corrected chi connectivity index (χ4v) is 3.10. The lowest BCUT2D eigenvalue weighted by Crippen LogP contribution is -2.12. The van der Waals surface area contributed by atoms with Crippen LogP contribution in [0.1, 0.15) is 12.0 Å². The van der Waals surface area contributed by atoms with E-state index >= 15 is 0 Å². The van der Waals surface area contributed by atoms with Crippen molar-refractivity contribution in [1.82, 2.24) is 10.2 Å². The first-order chi connectivity index (χ1) is 11.2. The van der Waals surface area contributed by atoms with Gasteiger partial charge in [-0.3, -0.25) is 4.79 Å². The van der Waals surface area contributed by atoms with E-state index in [-0.39, 0.29) is 5.91 Å². The number of amides is 1. The van der Waals surface area contributed by atoms with Gasteiger partial charge in [0.15, 0.2) is 0 Å². The van der Waals surface area contributed by atoms with E-state index in [4.69, 9.17) is 11.6 Å². The van der Waals surface area contributed by atoms with Crippen LogP contribution in [0.25, 0.3) is 10.6 Å². The Morgan fingerprint density at radius 1 is 1.04 bits per heavy atom. The summed E-state index contributed by atoms with van der Waals surface area (Å²) in [5, 5.41) is 12.9. The standard InChI is InChI=1S/C17H14ClN3OS/c18-14-9-5-4-6-12(14)10-11-15(22)19-17-21-20-16(23-17)13-7-2-1-3-8-13/h1-9H,10-11H2,(H,19,21,22). The molecule has 0 aliphatic carbocycles. The fourth-order valence-electron chi connectivity index (χ4n) is 2.10. The number of aromatic nitrogens is 2. The lowest BCUT2D eigenvalue weighted by molar-refractivity contribution is -0.116. The molecular formula is C17H14ClN3OS. The van der Waals surface area contributed by atoms with E-state index in [1.54, 1.807) is 0 Å². The number of hydrogen-bond donors (Lipinski definition) is 1. The SMILES string of the molecule is O=C(CCc1ccccc1Cl)Nc1nnc(-c2ccccc2)s1. The quantitative estimate of drug-likeness (QED) is 0.745. The molecule has 1 amide bonds. The first-order valence-electron chi connectivity index (χ1n) is 7.14. The molecule has 0 aliphatic rings. The molecule has 0 aliphatic heterocycles. The maximum Gasteiger partial charge on any atom is 0.226 e. The molecule has 0 unspecified atom stereocenters. The molecule has 0 saturated carbocycles. The van der Waals surface area contributed by atoms with Crippen molar-refractivity contribution in [1.29, 1.82) is 0 Å². The van der Waals surface area contributed by atoms with Crippen LogP contribution in [-0.2, 0) is 11.2 Å². The number of nitrogens with one attached hydrogen (secondary N) is 1. The zero-order chi connectivity index (χ0) is 16.1. The first kappa shape index (κ1) is 15.6. The summed E-state index contributed by atoms with van der Waals surface area (Å²) in [4.78, 5) is 12.0. The van der Waals surface area contributed by atoms with Gasteiger partial charge in [0.2, 0.25) is 11.0 Å². The minimum atomic E-state index is -0.0966. The number of halogens is 1. The lowest BCUT2D eigenvalue weighted by atomic mass is 10.1. The number of carbonyl (C=O) groups excluding carboxylic acids is 1. The zero-order valence-electron chi connectivity index (χ0n) is 12.2. The van der Waals surface area contributed by atoms with Crippen molar-refractivity contribution in [3.8, 4) is 10.6 Å². The maximum atomic E-state index is 12.0. The third-order valence-corrected chi connectivity index (χ3v) is 4.53. The predicted octanol–water partition coefficient (Wildman–Crippen LogP) is 4.43. The molecule has 3 aromatic rings. The molecule has 0 saturated heterocycles. The fraction of sp³-hybridized carbons (Fsp3) is 0.118. The predicted molar refractivity (Wildman–Crippen MR) is 93.7 cm³/mol. The van der Waals surface area contributed by atoms with Crippen molar-refractivity contribution in [2.45, 2.75) is 12.8 Å². The molecule has 6 heteroatoms. The number of benzene rings is 2. The van der Waals surface area contributed by atoms with Crippen molar-refractivity contribution >= 4 is 34.0 Å². The molecule has 1 aromatic heterocycles. The monoisotopic (exact) mass is 343 g/mol. The molecule has 1 heterocycles. The van der Waals surface area contributed by atoms with Crippen LogP contribution in [0, 0.1) is 0 Å². The molecule has 2 aromatic carbocycles. The maximum absolute atomic E-state index is 12.0. The molecule has 0 bridgehead atoms. The molecule has 4 nitrogen and oxygen atoms in total. The van der Waals surface area contributed by atoms with Crippen molar-refractivity contribution in [3.63, 3.8) is 0 Å². The molecule has 0 atom stereocenters. The van der Waals surface area contributed by atoms with Crippen molar-refractivity contribution in [2.24, 2.45) is 0 Å². The van der Waals surface area contributed by atoms with Crippen LogP contribution in [-0.4, -0.2) is 16.1 Å². The molecule has 23 heavy (non-hydrogen) atoms. The molecule has 0 radical (unpaired) electrons. The van der Waals surface area contributed by atoms with E-state index in [1.165, 1.54) is 11.3 Å². The topological polar surface area (TPSA) is 54.9 Å². The highest BCUT2D eigenvalue weighted by atomic mass is 35.5. The minimum Gasteiger partial charge on any atom is -0.301 e. The summed E-state index contributed by atoms with van der Waals surface area (Å²) in [5.74, 6) is -0.0966. The number of carbonyl (C=O) groups is 1. The second kappa shape index (κ2) is 7.35. The Bertz CT molecular complexity index is 804. The third kappa shape index (κ3) is 4.15. The van der Waals surface area contributed by atoms with Gasteiger partial charge in [0.25, 0.3) is 0 Å². The van der Waals surface area contributed by atoms with Crippen LogP contribution in [0.2, 0.25) is 5.02 Å². The highest BCUT2D eigenvalue weighted by Gasteiger charge is 2.10. The van der Waals surface area contributed by atoms with Gasteiger partial charge in [0, 0.05) is 17.0 Å². The summed E-state index contributed by atoms with van der Waals surface area (Å²) >= 11 is 7.45. The van der Waals surface area contributed by atoms with Gasteiger partial charge >= 0.3 is 0 Å². The Morgan fingerprint density at radius 2 is 1.78 bits per heavy atom. The van der Waals surface area contributed by atoms with Crippen LogP contribution >= 0.6 is 22.9 Å². The van der Waals surface area contributed by atoms with Crippen LogP contribution in [0.4, 0.5) is 5.13 Å². The summed E-state index contributed by atoms with van der Waals surface area (Å²) in [7, 11) is 0. The first-order valence-corrected chi connectivity index (χ1v) is 8.34. The molecule has 1 N–H and O–H groups in total. The Kier molecular flexibility index (Phi) is 5.00. The van der Waals surface area contributed by atoms with E-state index in [2.05, 4.69) is 15.5 Å². The highest BCUT2D eigenvalue weighted by molar-refractivity contribution is 7.18. The number of nitrogens with zero attached hydrogens (tertiary/aromatic N) is 2. The number of aryl methyl sites for hydroxylation is 1. The average Bonchev–Trinajstić information content (AvgIpc) is 3.03. The van der Waals surface area contributed by atoms with Crippen molar-refractivity contribution in [2.75, 3.05) is 5.32 Å². The Morgan fingerprint density at radius 3 is 2.57 bits per heavy atom. The van der Waals surface area contributed by atoms with Crippen LogP contribution in [0.3, 0.4) is 0 Å². The Hall–Kier alpha value is -2.24. The number of rotatable bonds is 5. The van der Waals surface area contributed by atoms with Gasteiger partial charge in [-0.15, -0.1) is 10.2 Å². The number of anilines is 1.